The van der Waals surface area contributed by atoms with Gasteiger partial charge in [-0.25, -0.2) is 5.21 Å². The molecule has 2 rings (SSSR count). The number of carbonyl (C=O) groups is 2. The van der Waals surface area contributed by atoms with Gasteiger partial charge in [0.2, 0.25) is 0 Å². The molecule has 0 bridgehead atoms. The number of anilines is 2. The third kappa shape index (κ3) is 4.57. The van der Waals surface area contributed by atoms with Gasteiger partial charge in [0.25, 0.3) is 5.91 Å². The molecule has 138 valence electrons. The van der Waals surface area contributed by atoms with Crippen molar-refractivity contribution in [2.45, 2.75) is 6.42 Å². The number of amides is 1. The molecule has 0 heterocycles. The van der Waals surface area contributed by atoms with Gasteiger partial charge >= 0.3 is 5.97 Å². The molecule has 26 heavy (non-hydrogen) atoms. The van der Waals surface area contributed by atoms with Crippen LogP contribution in [0.15, 0.2) is 48.5 Å². The maximum Gasteiger partial charge on any atom is 0.307 e. The van der Waals surface area contributed by atoms with Gasteiger partial charge in [-0.2, -0.15) is 5.23 Å². The summed E-state index contributed by atoms with van der Waals surface area (Å²) < 4.78 is 4.64. The molecule has 0 aliphatic heterocycles. The summed E-state index contributed by atoms with van der Waals surface area (Å²) in [6, 6.07) is 13.3. The number of rotatable bonds is 7. The highest BCUT2D eigenvalue weighted by atomic mass is 16.8. The van der Waals surface area contributed by atoms with Crippen molar-refractivity contribution in [3.05, 3.63) is 59.3 Å². The van der Waals surface area contributed by atoms with Crippen LogP contribution in [0.4, 0.5) is 17.1 Å². The Balaban J connectivity index is 2.36. The molecular formula is C18H21N3O5. The topological polar surface area (TPSA) is 106 Å². The number of hydrogen-bond donors (Lipinski definition) is 3. The highest BCUT2D eigenvalue weighted by molar-refractivity contribution is 6.07. The summed E-state index contributed by atoms with van der Waals surface area (Å²) in [7, 11) is 2.89. The first-order valence-electron chi connectivity index (χ1n) is 7.96. The maximum absolute atomic E-state index is 13.0. The van der Waals surface area contributed by atoms with Gasteiger partial charge in [0, 0.05) is 30.9 Å². The van der Waals surface area contributed by atoms with Crippen LogP contribution in [0.3, 0.4) is 0 Å². The fraction of sp³-hybridized carbons (Fsp3) is 0.222. The Hall–Kier alpha value is -2.94. The Morgan fingerprint density at radius 2 is 1.92 bits per heavy atom. The van der Waals surface area contributed by atoms with Crippen LogP contribution in [0.5, 0.6) is 0 Å². The van der Waals surface area contributed by atoms with Gasteiger partial charge in [-0.3, -0.25) is 9.59 Å². The van der Waals surface area contributed by atoms with Gasteiger partial charge < -0.3 is 20.2 Å². The van der Waals surface area contributed by atoms with Gasteiger partial charge in [0.05, 0.1) is 19.2 Å². The molecule has 0 radical (unpaired) electrons. The smallest absolute Gasteiger partial charge is 0.307 e. The molecule has 3 N–H and O–H groups in total. The lowest BCUT2D eigenvalue weighted by molar-refractivity contribution is -0.990. The normalized spacial score (nSPS) is 11.5. The van der Waals surface area contributed by atoms with Crippen LogP contribution < -0.4 is 15.4 Å². The van der Waals surface area contributed by atoms with Gasteiger partial charge in [-0.15, -0.1) is 0 Å². The molecule has 8 heteroatoms. The lowest BCUT2D eigenvalue weighted by atomic mass is 10.1. The molecule has 0 fully saturated rings. The SMILES string of the molecule is CNc1ccc(C(=O)N(CCC(=O)OC)c2ccccc2)cc1[NH+]([O-])O. The fourth-order valence-corrected chi connectivity index (χ4v) is 2.49. The van der Waals surface area contributed by atoms with E-state index >= 15 is 0 Å². The fourth-order valence-electron chi connectivity index (χ4n) is 2.49. The summed E-state index contributed by atoms with van der Waals surface area (Å²) in [5.41, 5.74) is 1.24. The van der Waals surface area contributed by atoms with Gasteiger partial charge in [0.1, 0.15) is 0 Å². The summed E-state index contributed by atoms with van der Waals surface area (Å²) >= 11 is 0. The van der Waals surface area contributed by atoms with Crippen molar-refractivity contribution in [1.82, 2.24) is 0 Å². The van der Waals surface area contributed by atoms with Crippen molar-refractivity contribution in [3.8, 4) is 0 Å². The third-order valence-electron chi connectivity index (χ3n) is 3.85. The number of nitrogens with one attached hydrogen (secondary N) is 2. The molecule has 0 aliphatic rings. The Labute approximate surface area is 151 Å². The van der Waals surface area contributed by atoms with E-state index < -0.39 is 17.1 Å². The number of benzene rings is 2. The monoisotopic (exact) mass is 359 g/mol. The molecule has 0 aromatic heterocycles. The molecular weight excluding hydrogens is 338 g/mol. The predicted molar refractivity (Wildman–Crippen MR) is 96.5 cm³/mol. The van der Waals surface area contributed by atoms with Crippen molar-refractivity contribution in [1.29, 1.82) is 0 Å². The highest BCUT2D eigenvalue weighted by Gasteiger charge is 2.21. The largest absolute Gasteiger partial charge is 0.595 e. The average molecular weight is 359 g/mol. The number of para-hydroxylation sites is 1. The van der Waals surface area contributed by atoms with Crippen LogP contribution in [0.25, 0.3) is 0 Å². The van der Waals surface area contributed by atoms with Crippen LogP contribution in [-0.2, 0) is 9.53 Å². The molecule has 1 unspecified atom stereocenters. The van der Waals surface area contributed by atoms with Crippen molar-refractivity contribution in [2.75, 3.05) is 30.9 Å². The maximum atomic E-state index is 13.0. The van der Waals surface area contributed by atoms with E-state index in [-0.39, 0.29) is 24.2 Å². The Morgan fingerprint density at radius 3 is 2.50 bits per heavy atom. The zero-order valence-electron chi connectivity index (χ0n) is 14.6. The minimum absolute atomic E-state index is 0.000621. The van der Waals surface area contributed by atoms with Crippen LogP contribution in [0, 0.1) is 5.21 Å². The average Bonchev–Trinajstić information content (AvgIpc) is 2.67. The highest BCUT2D eigenvalue weighted by Crippen LogP contribution is 2.22. The lowest BCUT2D eigenvalue weighted by Crippen LogP contribution is -2.99. The molecule has 1 atom stereocenters. The van der Waals surface area contributed by atoms with E-state index in [9.17, 15) is 20.0 Å². The van der Waals surface area contributed by atoms with Gasteiger partial charge in [-0.1, -0.05) is 18.2 Å². The summed E-state index contributed by atoms with van der Waals surface area (Å²) in [5, 5.41) is 22.4. The quantitative estimate of drug-likeness (QED) is 0.509. The van der Waals surface area contributed by atoms with Gasteiger partial charge in [-0.05, 0) is 24.3 Å². The molecule has 0 spiro atoms. The third-order valence-corrected chi connectivity index (χ3v) is 3.85. The van der Waals surface area contributed by atoms with Gasteiger partial charge in [0.15, 0.2) is 5.69 Å². The molecule has 0 aliphatic carbocycles. The Bertz CT molecular complexity index is 765. The molecule has 2 aromatic rings. The standard InChI is InChI=1S/C18H21N3O5/c1-19-15-9-8-13(12-16(15)21(24)25)18(23)20(11-10-17(22)26-2)14-6-4-3-5-7-14/h3-9,12,19,21,24H,10-11H2,1-2H3. The summed E-state index contributed by atoms with van der Waals surface area (Å²) in [5.74, 6) is -0.833. The van der Waals surface area contributed by atoms with E-state index in [0.717, 1.165) is 0 Å². The lowest BCUT2D eigenvalue weighted by Gasteiger charge is -2.23. The Morgan fingerprint density at radius 1 is 1.23 bits per heavy atom. The molecule has 1 amide bonds. The van der Waals surface area contributed by atoms with E-state index in [1.807, 2.05) is 6.07 Å². The number of carbonyl (C=O) groups excluding carboxylic acids is 2. The van der Waals surface area contributed by atoms with Crippen LogP contribution >= 0.6 is 0 Å². The zero-order chi connectivity index (χ0) is 19.1. The number of methoxy groups -OCH3 is 1. The summed E-state index contributed by atoms with van der Waals surface area (Å²) in [6.07, 6.45) is 0.0253. The first-order chi connectivity index (χ1) is 12.5. The van der Waals surface area contributed by atoms with Crippen molar-refractivity contribution >= 4 is 28.9 Å². The molecule has 8 nitrogen and oxygen atoms in total. The minimum Gasteiger partial charge on any atom is -0.595 e. The van der Waals surface area contributed by atoms with Crippen molar-refractivity contribution < 1.29 is 24.8 Å². The van der Waals surface area contributed by atoms with E-state index in [2.05, 4.69) is 10.1 Å². The van der Waals surface area contributed by atoms with Crippen LogP contribution in [0.2, 0.25) is 0 Å². The van der Waals surface area contributed by atoms with E-state index in [1.54, 1.807) is 43.4 Å². The second-order valence-electron chi connectivity index (χ2n) is 5.43. The number of esters is 1. The molecule has 2 aromatic carbocycles. The first-order valence-corrected chi connectivity index (χ1v) is 7.96. The number of nitrogens with zero attached hydrogens (tertiary/aromatic N) is 1. The van der Waals surface area contributed by atoms with Crippen LogP contribution in [0.1, 0.15) is 16.8 Å². The van der Waals surface area contributed by atoms with E-state index in [0.29, 0.717) is 11.4 Å². The number of quaternary nitrogens is 1. The number of hydrogen-bond acceptors (Lipinski definition) is 6. The Kier molecular flexibility index (Phi) is 6.67. The van der Waals surface area contributed by atoms with Crippen molar-refractivity contribution in [3.63, 3.8) is 0 Å². The summed E-state index contributed by atoms with van der Waals surface area (Å²) in [4.78, 5) is 25.9. The minimum atomic E-state index is -1.13. The summed E-state index contributed by atoms with van der Waals surface area (Å²) in [6.45, 7) is 0.117. The first kappa shape index (κ1) is 19.4. The van der Waals surface area contributed by atoms with Crippen molar-refractivity contribution in [2.24, 2.45) is 0 Å². The van der Waals surface area contributed by atoms with E-state index in [1.165, 1.54) is 18.1 Å². The molecule has 0 saturated carbocycles. The molecule has 0 saturated heterocycles. The zero-order valence-corrected chi connectivity index (χ0v) is 14.6. The van der Waals surface area contributed by atoms with Crippen LogP contribution in [-0.4, -0.2) is 37.8 Å². The van der Waals surface area contributed by atoms with E-state index in [4.69, 9.17) is 0 Å². The second kappa shape index (κ2) is 8.95. The number of ether oxygens (including phenoxy) is 1. The predicted octanol–water partition coefficient (Wildman–Crippen LogP) is 1.34. The second-order valence-corrected chi connectivity index (χ2v) is 5.43.